The van der Waals surface area contributed by atoms with Gasteiger partial charge in [0.1, 0.15) is 0 Å². The van der Waals surface area contributed by atoms with Crippen molar-refractivity contribution in [3.63, 3.8) is 0 Å². The van der Waals surface area contributed by atoms with Crippen molar-refractivity contribution in [2.75, 3.05) is 0 Å². The Morgan fingerprint density at radius 3 is 2.47 bits per heavy atom. The molecule has 0 aromatic heterocycles. The molecule has 2 N–H and O–H groups in total. The van der Waals surface area contributed by atoms with Crippen molar-refractivity contribution >= 4 is 0 Å². The Kier molecular flexibility index (Phi) is 2.96. The smallest absolute Gasteiger partial charge is 0.0196 e. The van der Waals surface area contributed by atoms with E-state index in [0.29, 0.717) is 0 Å². The summed E-state index contributed by atoms with van der Waals surface area (Å²) in [5.41, 5.74) is 9.55. The molecule has 0 saturated heterocycles. The first-order valence-electron chi connectivity index (χ1n) is 7.14. The second-order valence-corrected chi connectivity index (χ2v) is 6.07. The maximum absolute atomic E-state index is 6.28. The van der Waals surface area contributed by atoms with Gasteiger partial charge in [0.15, 0.2) is 0 Å². The SMILES string of the molecule is NC1(Cc2ccccc2C2CCCCC2)CC1. The second kappa shape index (κ2) is 4.45. The molecule has 2 aliphatic rings. The number of rotatable bonds is 3. The minimum Gasteiger partial charge on any atom is -0.325 e. The van der Waals surface area contributed by atoms with Gasteiger partial charge in [-0.3, -0.25) is 0 Å². The maximum Gasteiger partial charge on any atom is 0.0196 e. The van der Waals surface area contributed by atoms with Crippen molar-refractivity contribution in [2.24, 2.45) is 5.73 Å². The van der Waals surface area contributed by atoms with Crippen LogP contribution in [0.3, 0.4) is 0 Å². The second-order valence-electron chi connectivity index (χ2n) is 6.07. The van der Waals surface area contributed by atoms with Gasteiger partial charge < -0.3 is 5.73 Å². The van der Waals surface area contributed by atoms with E-state index in [1.807, 2.05) is 0 Å². The average molecular weight is 229 g/mol. The summed E-state index contributed by atoms with van der Waals surface area (Å²) in [6.07, 6.45) is 10.5. The lowest BCUT2D eigenvalue weighted by molar-refractivity contribution is 0.440. The third kappa shape index (κ3) is 2.55. The number of hydrogen-bond acceptors (Lipinski definition) is 1. The fourth-order valence-corrected chi connectivity index (χ4v) is 3.22. The molecule has 0 atom stereocenters. The largest absolute Gasteiger partial charge is 0.325 e. The highest BCUT2D eigenvalue weighted by atomic mass is 14.8. The summed E-state index contributed by atoms with van der Waals surface area (Å²) in [7, 11) is 0. The highest BCUT2D eigenvalue weighted by Crippen LogP contribution is 2.40. The fourth-order valence-electron chi connectivity index (χ4n) is 3.22. The molecule has 2 fully saturated rings. The molecule has 3 rings (SSSR count). The van der Waals surface area contributed by atoms with Gasteiger partial charge in [0.25, 0.3) is 0 Å². The molecule has 92 valence electrons. The quantitative estimate of drug-likeness (QED) is 0.839. The normalized spacial score (nSPS) is 23.6. The summed E-state index contributed by atoms with van der Waals surface area (Å²) in [5.74, 6) is 0.808. The summed E-state index contributed by atoms with van der Waals surface area (Å²) in [6, 6.07) is 9.02. The van der Waals surface area contributed by atoms with Gasteiger partial charge >= 0.3 is 0 Å². The summed E-state index contributed by atoms with van der Waals surface area (Å²) in [5, 5.41) is 0. The van der Waals surface area contributed by atoms with Crippen LogP contribution in [0.1, 0.15) is 62.0 Å². The van der Waals surface area contributed by atoms with Crippen LogP contribution >= 0.6 is 0 Å². The van der Waals surface area contributed by atoms with Gasteiger partial charge in [-0.1, -0.05) is 43.5 Å². The van der Waals surface area contributed by atoms with Crippen LogP contribution in [0.2, 0.25) is 0 Å². The molecule has 1 nitrogen and oxygen atoms in total. The molecule has 0 heterocycles. The Morgan fingerprint density at radius 1 is 1.06 bits per heavy atom. The molecule has 17 heavy (non-hydrogen) atoms. The van der Waals surface area contributed by atoms with Crippen LogP contribution in [-0.4, -0.2) is 5.54 Å². The van der Waals surface area contributed by atoms with E-state index in [9.17, 15) is 0 Å². The van der Waals surface area contributed by atoms with Gasteiger partial charge in [0, 0.05) is 5.54 Å². The molecule has 0 spiro atoms. The molecule has 0 radical (unpaired) electrons. The van der Waals surface area contributed by atoms with Crippen LogP contribution < -0.4 is 5.73 Å². The Bertz CT molecular complexity index is 386. The summed E-state index contributed by atoms with van der Waals surface area (Å²) < 4.78 is 0. The van der Waals surface area contributed by atoms with E-state index in [1.165, 1.54) is 50.5 Å². The molecule has 0 unspecified atom stereocenters. The van der Waals surface area contributed by atoms with Crippen molar-refractivity contribution < 1.29 is 0 Å². The predicted molar refractivity (Wildman–Crippen MR) is 72.1 cm³/mol. The molecule has 0 bridgehead atoms. The molecule has 2 aliphatic carbocycles. The lowest BCUT2D eigenvalue weighted by Crippen LogP contribution is -2.25. The van der Waals surface area contributed by atoms with Crippen molar-refractivity contribution in [3.05, 3.63) is 35.4 Å². The van der Waals surface area contributed by atoms with E-state index in [1.54, 1.807) is 5.56 Å². The first-order valence-corrected chi connectivity index (χ1v) is 7.14. The lowest BCUT2D eigenvalue weighted by Gasteiger charge is -2.25. The molecule has 1 aromatic rings. The van der Waals surface area contributed by atoms with Crippen molar-refractivity contribution in [1.29, 1.82) is 0 Å². The van der Waals surface area contributed by atoms with Gasteiger partial charge in [0.05, 0.1) is 0 Å². The summed E-state index contributed by atoms with van der Waals surface area (Å²) >= 11 is 0. The van der Waals surface area contributed by atoms with Crippen molar-refractivity contribution in [3.8, 4) is 0 Å². The zero-order valence-electron chi connectivity index (χ0n) is 10.6. The minimum absolute atomic E-state index is 0.144. The van der Waals surface area contributed by atoms with Crippen LogP contribution in [0.5, 0.6) is 0 Å². The van der Waals surface area contributed by atoms with Crippen LogP contribution in [0.4, 0.5) is 0 Å². The zero-order chi connectivity index (χ0) is 11.7. The van der Waals surface area contributed by atoms with Crippen LogP contribution in [0, 0.1) is 0 Å². The predicted octanol–water partition coefficient (Wildman–Crippen LogP) is 3.77. The maximum atomic E-state index is 6.28. The number of hydrogen-bond donors (Lipinski definition) is 1. The summed E-state index contributed by atoms with van der Waals surface area (Å²) in [4.78, 5) is 0. The molecule has 1 heteroatoms. The molecule has 2 saturated carbocycles. The third-order valence-corrected chi connectivity index (χ3v) is 4.53. The van der Waals surface area contributed by atoms with Gasteiger partial charge in [-0.2, -0.15) is 0 Å². The highest BCUT2D eigenvalue weighted by Gasteiger charge is 2.38. The average Bonchev–Trinajstić information content (AvgIpc) is 3.09. The zero-order valence-corrected chi connectivity index (χ0v) is 10.6. The fraction of sp³-hybridized carbons (Fsp3) is 0.625. The Labute approximate surface area is 104 Å². The first-order chi connectivity index (χ1) is 8.27. The molecular weight excluding hydrogens is 206 g/mol. The van der Waals surface area contributed by atoms with Gasteiger partial charge in [-0.15, -0.1) is 0 Å². The molecule has 0 aliphatic heterocycles. The molecule has 0 amide bonds. The molecular formula is C16H23N. The van der Waals surface area contributed by atoms with Crippen molar-refractivity contribution in [2.45, 2.75) is 62.8 Å². The topological polar surface area (TPSA) is 26.0 Å². The van der Waals surface area contributed by atoms with E-state index in [4.69, 9.17) is 5.73 Å². The van der Waals surface area contributed by atoms with E-state index in [2.05, 4.69) is 24.3 Å². The minimum atomic E-state index is 0.144. The van der Waals surface area contributed by atoms with Gasteiger partial charge in [0.2, 0.25) is 0 Å². The van der Waals surface area contributed by atoms with E-state index in [-0.39, 0.29) is 5.54 Å². The Hall–Kier alpha value is -0.820. The number of benzene rings is 1. The van der Waals surface area contributed by atoms with E-state index < -0.39 is 0 Å². The van der Waals surface area contributed by atoms with Crippen LogP contribution in [0.25, 0.3) is 0 Å². The van der Waals surface area contributed by atoms with Gasteiger partial charge in [-0.05, 0) is 49.1 Å². The Balaban J connectivity index is 1.81. The van der Waals surface area contributed by atoms with E-state index in [0.717, 1.165) is 12.3 Å². The third-order valence-electron chi connectivity index (χ3n) is 4.53. The number of nitrogens with two attached hydrogens (primary N) is 1. The standard InChI is InChI=1S/C16H23N/c17-16(10-11-16)12-14-8-4-5-9-15(14)13-6-2-1-3-7-13/h4-5,8-9,13H,1-3,6-7,10-12,17H2. The van der Waals surface area contributed by atoms with Crippen molar-refractivity contribution in [1.82, 2.24) is 0 Å². The summed E-state index contributed by atoms with van der Waals surface area (Å²) in [6.45, 7) is 0. The van der Waals surface area contributed by atoms with Crippen LogP contribution in [-0.2, 0) is 6.42 Å². The molecule has 1 aromatic carbocycles. The lowest BCUT2D eigenvalue weighted by atomic mass is 9.81. The van der Waals surface area contributed by atoms with Crippen LogP contribution in [0.15, 0.2) is 24.3 Å². The highest BCUT2D eigenvalue weighted by molar-refractivity contribution is 5.33. The first kappa shape index (κ1) is 11.3. The van der Waals surface area contributed by atoms with Gasteiger partial charge in [-0.25, -0.2) is 0 Å². The van der Waals surface area contributed by atoms with E-state index >= 15 is 0 Å². The Morgan fingerprint density at radius 2 is 1.76 bits per heavy atom. The monoisotopic (exact) mass is 229 g/mol.